The maximum Gasteiger partial charge on any atom is 0.227 e. The lowest BCUT2D eigenvalue weighted by molar-refractivity contribution is -0.341. The van der Waals surface area contributed by atoms with E-state index in [9.17, 15) is 71.5 Å². The minimum Gasteiger partial charge on any atom is -0.450 e. The number of aliphatic imine (C=N–C) groups is 3. The summed E-state index contributed by atoms with van der Waals surface area (Å²) in [6.07, 6.45) is -26.9. The number of fused-ring (bicyclic) bond motifs is 3. The van der Waals surface area contributed by atoms with Gasteiger partial charge in [-0.1, -0.05) is 0 Å². The van der Waals surface area contributed by atoms with Crippen molar-refractivity contribution in [3.63, 3.8) is 0 Å². The van der Waals surface area contributed by atoms with Crippen molar-refractivity contribution in [3.05, 3.63) is 0 Å². The number of hydrogen-bond acceptors (Lipinski definition) is 28. The molecule has 28 nitrogen and oxygen atoms in total. The van der Waals surface area contributed by atoms with Gasteiger partial charge in [0.15, 0.2) is 30.3 Å². The molecule has 8 rings (SSSR count). The topological polar surface area (TPSA) is 433 Å². The van der Waals surface area contributed by atoms with Gasteiger partial charge in [-0.15, -0.1) is 0 Å². The Hall–Kier alpha value is -2.47. The normalized spacial score (nSPS) is 49.4. The van der Waals surface area contributed by atoms with E-state index in [1.807, 2.05) is 0 Å². The molecule has 15 N–H and O–H groups in total. The molecule has 0 aromatic heterocycles. The lowest BCUT2D eigenvalue weighted by Crippen LogP contribution is -2.63. The smallest absolute Gasteiger partial charge is 0.227 e. The quantitative estimate of drug-likeness (QED) is 0.102. The zero-order valence-corrected chi connectivity index (χ0v) is 34.6. The Kier molecular flexibility index (Phi) is 17.2. The van der Waals surface area contributed by atoms with E-state index in [-0.39, 0.29) is 6.61 Å². The van der Waals surface area contributed by atoms with Gasteiger partial charge < -0.3 is 124 Å². The maximum atomic E-state index is 10.5. The Labute approximate surface area is 363 Å². The molecule has 28 heteroatoms. The maximum absolute atomic E-state index is 10.5. The van der Waals surface area contributed by atoms with Gasteiger partial charge in [0.05, 0.1) is 33.0 Å². The van der Waals surface area contributed by atoms with Gasteiger partial charge in [-0.05, 0) is 0 Å². The Morgan fingerprint density at radius 2 is 0.688 bits per heavy atom. The molecule has 8 aliphatic rings. The first kappa shape index (κ1) is 50.9. The predicted octanol–water partition coefficient (Wildman–Crippen LogP) is -9.62. The number of nitrogens with zero attached hydrogens (tertiary/aromatic N) is 3. The summed E-state index contributed by atoms with van der Waals surface area (Å²) in [6.45, 7) is 2.25. The molecule has 0 spiro atoms. The first-order valence-corrected chi connectivity index (χ1v) is 20.4. The van der Waals surface area contributed by atoms with Crippen molar-refractivity contribution in [2.75, 3.05) is 33.0 Å². The molecule has 5 fully saturated rings. The summed E-state index contributed by atoms with van der Waals surface area (Å²) >= 11 is 0. The molecule has 0 radical (unpaired) electrons. The van der Waals surface area contributed by atoms with Crippen molar-refractivity contribution in [1.82, 2.24) is 0 Å². The third kappa shape index (κ3) is 10.5. The molecular formula is C36H59N3O25. The van der Waals surface area contributed by atoms with Crippen LogP contribution in [0.3, 0.4) is 0 Å². The number of hydrogen-bond donors (Lipinski definition) is 15. The van der Waals surface area contributed by atoms with Crippen LogP contribution in [0.5, 0.6) is 0 Å². The minimum absolute atomic E-state index is 0.309. The molecule has 0 saturated carbocycles. The Morgan fingerprint density at radius 1 is 0.359 bits per heavy atom. The van der Waals surface area contributed by atoms with Crippen LogP contribution < -0.4 is 0 Å². The molecule has 0 aromatic carbocycles. The number of aliphatic hydroxyl groups excluding tert-OH is 15. The Morgan fingerprint density at radius 3 is 1.12 bits per heavy atom. The van der Waals surface area contributed by atoms with Crippen molar-refractivity contribution in [1.29, 1.82) is 0 Å². The fraction of sp³-hybridized carbons (Fsp3) is 0.917. The van der Waals surface area contributed by atoms with Crippen molar-refractivity contribution in [2.45, 2.75) is 174 Å². The van der Waals surface area contributed by atoms with Gasteiger partial charge in [-0.2, -0.15) is 0 Å². The SMILES string of the molecule is CC1=NC2[C@@H](O1)OC(CO)[C@@H](O)[C@@H]2O.CC1=N[C@H]2C(O)[C@H](O[C@@H]3OC(CO)[C@H](O)C(O)[C@@H]3O)C(CO)O[C@@H]2O1.CC1=N[C@H]2C(O[C@@H]3OC(CO)[C@H](O)C(O)[C@@H]3O)[C@H](O)C(CO)O[C@@H]2O1. The van der Waals surface area contributed by atoms with Crippen LogP contribution in [-0.4, -0.2) is 281 Å². The second-order valence-electron chi connectivity index (χ2n) is 16.0. The highest BCUT2D eigenvalue weighted by Crippen LogP contribution is 2.35. The zero-order valence-electron chi connectivity index (χ0n) is 34.6. The molecule has 8 aliphatic heterocycles. The van der Waals surface area contributed by atoms with Crippen molar-refractivity contribution in [3.8, 4) is 0 Å². The molecule has 0 amide bonds. The zero-order chi connectivity index (χ0) is 46.9. The average molecular weight is 934 g/mol. The fourth-order valence-electron chi connectivity index (χ4n) is 8.10. The summed E-state index contributed by atoms with van der Waals surface area (Å²) in [4.78, 5) is 12.3. The van der Waals surface area contributed by atoms with Crippen LogP contribution in [0.25, 0.3) is 0 Å². The highest BCUT2D eigenvalue weighted by molar-refractivity contribution is 5.76. The van der Waals surface area contributed by atoms with E-state index in [2.05, 4.69) is 15.0 Å². The molecule has 0 aliphatic carbocycles. The Balaban J connectivity index is 0.000000166. The molecular weight excluding hydrogens is 874 g/mol. The first-order chi connectivity index (χ1) is 30.4. The summed E-state index contributed by atoms with van der Waals surface area (Å²) in [5.41, 5.74) is 0. The molecule has 64 heavy (non-hydrogen) atoms. The van der Waals surface area contributed by atoms with Crippen LogP contribution in [0, 0.1) is 0 Å². The van der Waals surface area contributed by atoms with Gasteiger partial charge >= 0.3 is 0 Å². The lowest BCUT2D eigenvalue weighted by atomic mass is 9.96. The molecule has 8 heterocycles. The van der Waals surface area contributed by atoms with Crippen LogP contribution in [0.4, 0.5) is 0 Å². The first-order valence-electron chi connectivity index (χ1n) is 20.4. The van der Waals surface area contributed by atoms with E-state index in [1.165, 1.54) is 0 Å². The van der Waals surface area contributed by atoms with Crippen LogP contribution in [0.15, 0.2) is 15.0 Å². The van der Waals surface area contributed by atoms with Crippen LogP contribution in [0.2, 0.25) is 0 Å². The monoisotopic (exact) mass is 933 g/mol. The van der Waals surface area contributed by atoms with Crippen LogP contribution in [0.1, 0.15) is 20.8 Å². The van der Waals surface area contributed by atoms with E-state index in [1.54, 1.807) is 20.8 Å². The summed E-state index contributed by atoms with van der Waals surface area (Å²) in [7, 11) is 0. The lowest BCUT2D eigenvalue weighted by Gasteiger charge is -2.44. The van der Waals surface area contributed by atoms with Gasteiger partial charge in [0.25, 0.3) is 0 Å². The van der Waals surface area contributed by atoms with Crippen molar-refractivity contribution in [2.24, 2.45) is 15.0 Å². The van der Waals surface area contributed by atoms with Crippen molar-refractivity contribution < 1.29 is 124 Å². The predicted molar refractivity (Wildman–Crippen MR) is 202 cm³/mol. The summed E-state index contributed by atoms with van der Waals surface area (Å²) in [6, 6.07) is -2.14. The van der Waals surface area contributed by atoms with E-state index in [4.69, 9.17) is 52.5 Å². The van der Waals surface area contributed by atoms with E-state index < -0.39 is 180 Å². The molecule has 10 unspecified atom stereocenters. The standard InChI is InChI=1S/2C14H23NO10.C8H13NO5/c1-4-15-7-9(19)12(6(3-17)24-13(7)22-4)25-14-11(21)10(20)8(18)5(2-16)23-14;1-4-15-7-12(9(19)6(3-17)23-13(7)22-4)25-14-11(21)10(20)8(18)5(2-16)24-14;1-3-9-5-7(12)6(11)4(2-10)14-8(5)13-3/h2*5-14,16-21H,2-3H2,1H3;4-8,10-12H,2H2,1H3/t5?,6?,7-,8-,9?,10?,11-,12+,13-,14-;5?,6?,7-,8-,9+,10?,11-,12?,13-,14-;4?,5?,6-,7-,8+/m001/s1. The van der Waals surface area contributed by atoms with Gasteiger partial charge in [-0.25, -0.2) is 15.0 Å². The van der Waals surface area contributed by atoms with Gasteiger partial charge in [-0.3, -0.25) is 0 Å². The number of ether oxygens (including phenoxy) is 10. The average Bonchev–Trinajstić information content (AvgIpc) is 3.98. The molecule has 0 bridgehead atoms. The van der Waals surface area contributed by atoms with Gasteiger partial charge in [0, 0.05) is 20.8 Å². The van der Waals surface area contributed by atoms with Crippen LogP contribution >= 0.6 is 0 Å². The third-order valence-corrected chi connectivity index (χ3v) is 11.6. The second-order valence-corrected chi connectivity index (χ2v) is 16.0. The number of rotatable bonds is 9. The highest BCUT2D eigenvalue weighted by atomic mass is 16.8. The largest absolute Gasteiger partial charge is 0.450 e. The van der Waals surface area contributed by atoms with Gasteiger partial charge in [0.2, 0.25) is 18.9 Å². The highest BCUT2D eigenvalue weighted by Gasteiger charge is 2.55. The van der Waals surface area contributed by atoms with Crippen LogP contribution in [-0.2, 0) is 47.4 Å². The molecule has 25 atom stereocenters. The van der Waals surface area contributed by atoms with E-state index >= 15 is 0 Å². The molecule has 368 valence electrons. The fourth-order valence-corrected chi connectivity index (χ4v) is 8.10. The van der Waals surface area contributed by atoms with Gasteiger partial charge in [0.1, 0.15) is 122 Å². The van der Waals surface area contributed by atoms with E-state index in [0.29, 0.717) is 17.7 Å². The van der Waals surface area contributed by atoms with Crippen molar-refractivity contribution >= 4 is 17.7 Å². The summed E-state index contributed by atoms with van der Waals surface area (Å²) in [5, 5.41) is 146. The molecule has 5 saturated heterocycles. The summed E-state index contributed by atoms with van der Waals surface area (Å²) < 4.78 is 53.7. The number of aliphatic hydroxyl groups is 15. The molecule has 0 aromatic rings. The third-order valence-electron chi connectivity index (χ3n) is 11.6. The Bertz CT molecular complexity index is 1610. The summed E-state index contributed by atoms with van der Waals surface area (Å²) in [5.74, 6) is 1.05. The minimum atomic E-state index is -1.63. The van der Waals surface area contributed by atoms with E-state index in [0.717, 1.165) is 0 Å². The second kappa shape index (κ2) is 21.7.